The predicted molar refractivity (Wildman–Crippen MR) is 107 cm³/mol. The van der Waals surface area contributed by atoms with Crippen LogP contribution in [-0.4, -0.2) is 36.6 Å². The first kappa shape index (κ1) is 20.6. The van der Waals surface area contributed by atoms with Crippen LogP contribution in [0.4, 0.5) is 4.39 Å². The van der Waals surface area contributed by atoms with Gasteiger partial charge in [-0.15, -0.1) is 0 Å². The summed E-state index contributed by atoms with van der Waals surface area (Å²) in [4.78, 5) is 0. The summed E-state index contributed by atoms with van der Waals surface area (Å²) in [6.45, 7) is 16.0. The standard InChI is InChI=1S/C20H29B2FO4/c1-17(2)18(3,4)25-21(24-17)13-16(14-9-11-15(23)12-10-14)22-26-19(5,6)20(7,8)27-22/h9-13H,1-8H3/b16-13+. The van der Waals surface area contributed by atoms with Gasteiger partial charge in [0.2, 0.25) is 0 Å². The highest BCUT2D eigenvalue weighted by Crippen LogP contribution is 2.42. The summed E-state index contributed by atoms with van der Waals surface area (Å²) in [5, 5.41) is 0. The van der Waals surface area contributed by atoms with Gasteiger partial charge in [-0.2, -0.15) is 0 Å². The lowest BCUT2D eigenvalue weighted by Gasteiger charge is -2.32. The van der Waals surface area contributed by atoms with Crippen molar-refractivity contribution in [1.82, 2.24) is 0 Å². The Bertz CT molecular complexity index is 709. The average molecular weight is 374 g/mol. The summed E-state index contributed by atoms with van der Waals surface area (Å²) in [5.41, 5.74) is -0.271. The van der Waals surface area contributed by atoms with Crippen molar-refractivity contribution in [3.8, 4) is 0 Å². The van der Waals surface area contributed by atoms with Crippen LogP contribution in [0.2, 0.25) is 0 Å². The van der Waals surface area contributed by atoms with Crippen LogP contribution in [0.5, 0.6) is 0 Å². The number of rotatable bonds is 3. The first-order chi connectivity index (χ1) is 12.2. The molecule has 2 saturated heterocycles. The molecule has 1 aromatic rings. The molecule has 1 aromatic carbocycles. The van der Waals surface area contributed by atoms with Crippen molar-refractivity contribution in [1.29, 1.82) is 0 Å². The van der Waals surface area contributed by atoms with Crippen LogP contribution in [-0.2, 0) is 18.6 Å². The summed E-state index contributed by atoms with van der Waals surface area (Å²) in [5.74, 6) is 1.59. The molecule has 2 aliphatic rings. The predicted octanol–water partition coefficient (Wildman–Crippen LogP) is 4.47. The van der Waals surface area contributed by atoms with Gasteiger partial charge in [-0.3, -0.25) is 0 Å². The van der Waals surface area contributed by atoms with Gasteiger partial charge < -0.3 is 18.6 Å². The third kappa shape index (κ3) is 3.75. The SMILES string of the molecule is CC1(C)OB(/C=C(/B2OC(C)(C)C(C)(C)O2)c2ccc(F)cc2)OC1(C)C. The molecule has 0 aromatic heterocycles. The number of benzene rings is 1. The maximum atomic E-state index is 13.5. The summed E-state index contributed by atoms with van der Waals surface area (Å²) >= 11 is 0. The lowest BCUT2D eigenvalue weighted by Crippen LogP contribution is -2.41. The fourth-order valence-electron chi connectivity index (χ4n) is 3.03. The molecule has 27 heavy (non-hydrogen) atoms. The molecule has 146 valence electrons. The highest BCUT2D eigenvalue weighted by Gasteiger charge is 2.54. The smallest absolute Gasteiger partial charge is 0.400 e. The summed E-state index contributed by atoms with van der Waals surface area (Å²) < 4.78 is 38.1. The van der Waals surface area contributed by atoms with Crippen molar-refractivity contribution >= 4 is 19.7 Å². The molecule has 2 heterocycles. The zero-order valence-corrected chi connectivity index (χ0v) is 17.6. The number of halogens is 1. The molecule has 0 saturated carbocycles. The maximum Gasteiger partial charge on any atom is 0.494 e. The highest BCUT2D eigenvalue weighted by molar-refractivity contribution is 6.72. The highest BCUT2D eigenvalue weighted by atomic mass is 19.1. The van der Waals surface area contributed by atoms with Crippen molar-refractivity contribution in [2.24, 2.45) is 0 Å². The van der Waals surface area contributed by atoms with E-state index in [9.17, 15) is 4.39 Å². The van der Waals surface area contributed by atoms with Crippen LogP contribution in [0.3, 0.4) is 0 Å². The van der Waals surface area contributed by atoms with Crippen LogP contribution in [0.1, 0.15) is 61.0 Å². The lowest BCUT2D eigenvalue weighted by molar-refractivity contribution is 0.00578. The van der Waals surface area contributed by atoms with E-state index in [-0.39, 0.29) is 5.82 Å². The fraction of sp³-hybridized carbons (Fsp3) is 0.600. The maximum absolute atomic E-state index is 13.5. The zero-order chi connectivity index (χ0) is 20.3. The molecule has 3 rings (SSSR count). The third-order valence-corrected chi connectivity index (χ3v) is 6.27. The number of hydrogen-bond acceptors (Lipinski definition) is 4. The van der Waals surface area contributed by atoms with Gasteiger partial charge in [0.05, 0.1) is 22.4 Å². The van der Waals surface area contributed by atoms with E-state index in [4.69, 9.17) is 18.6 Å². The van der Waals surface area contributed by atoms with Crippen molar-refractivity contribution in [2.45, 2.75) is 77.8 Å². The molecule has 0 radical (unpaired) electrons. The molecule has 0 unspecified atom stereocenters. The quantitative estimate of drug-likeness (QED) is 0.732. The molecule has 0 N–H and O–H groups in total. The van der Waals surface area contributed by atoms with Gasteiger partial charge in [-0.1, -0.05) is 18.1 Å². The Labute approximate surface area is 162 Å². The first-order valence-corrected chi connectivity index (χ1v) is 9.43. The second-order valence-corrected chi connectivity index (χ2v) is 9.34. The molecule has 0 amide bonds. The van der Waals surface area contributed by atoms with Crippen LogP contribution in [0, 0.1) is 5.82 Å². The summed E-state index contributed by atoms with van der Waals surface area (Å²) in [7, 11) is -1.14. The van der Waals surface area contributed by atoms with Crippen molar-refractivity contribution < 1.29 is 23.0 Å². The first-order valence-electron chi connectivity index (χ1n) is 9.43. The molecular weight excluding hydrogens is 345 g/mol. The zero-order valence-electron chi connectivity index (χ0n) is 17.6. The fourth-order valence-corrected chi connectivity index (χ4v) is 3.03. The van der Waals surface area contributed by atoms with Crippen LogP contribution < -0.4 is 0 Å². The lowest BCUT2D eigenvalue weighted by atomic mass is 9.68. The van der Waals surface area contributed by atoms with E-state index in [1.807, 2.05) is 61.4 Å². The van der Waals surface area contributed by atoms with E-state index in [0.29, 0.717) is 0 Å². The van der Waals surface area contributed by atoms with E-state index in [2.05, 4.69) is 0 Å². The van der Waals surface area contributed by atoms with Gasteiger partial charge in [0.25, 0.3) is 0 Å². The molecule has 2 aliphatic heterocycles. The summed E-state index contributed by atoms with van der Waals surface area (Å²) in [6.07, 6.45) is 0. The molecule has 0 aliphatic carbocycles. The summed E-state index contributed by atoms with van der Waals surface area (Å²) in [6, 6.07) is 6.30. The molecule has 0 atom stereocenters. The van der Waals surface area contributed by atoms with E-state index in [1.165, 1.54) is 12.1 Å². The Morgan fingerprint density at radius 2 is 1.15 bits per heavy atom. The van der Waals surface area contributed by atoms with Gasteiger partial charge in [0.1, 0.15) is 5.82 Å². The minimum absolute atomic E-state index is 0.289. The van der Waals surface area contributed by atoms with Crippen molar-refractivity contribution in [3.05, 3.63) is 41.6 Å². The average Bonchev–Trinajstić information content (AvgIpc) is 2.85. The van der Waals surface area contributed by atoms with Gasteiger partial charge >= 0.3 is 14.2 Å². The van der Waals surface area contributed by atoms with Crippen LogP contribution >= 0.6 is 0 Å². The molecule has 2 fully saturated rings. The van der Waals surface area contributed by atoms with E-state index >= 15 is 0 Å². The topological polar surface area (TPSA) is 36.9 Å². The van der Waals surface area contributed by atoms with Crippen molar-refractivity contribution in [2.75, 3.05) is 0 Å². The minimum Gasteiger partial charge on any atom is -0.400 e. The van der Waals surface area contributed by atoms with Gasteiger partial charge in [0, 0.05) is 0 Å². The molecule has 4 nitrogen and oxygen atoms in total. The Hall–Kier alpha value is -1.14. The molecule has 0 bridgehead atoms. The van der Waals surface area contributed by atoms with E-state index in [1.54, 1.807) is 12.1 Å². The Balaban J connectivity index is 1.98. The Morgan fingerprint density at radius 1 is 0.741 bits per heavy atom. The largest absolute Gasteiger partial charge is 0.494 e. The second kappa shape index (κ2) is 6.45. The monoisotopic (exact) mass is 374 g/mol. The number of hydrogen-bond donors (Lipinski definition) is 0. The minimum atomic E-state index is -0.598. The Morgan fingerprint density at radius 3 is 1.59 bits per heavy atom. The van der Waals surface area contributed by atoms with Gasteiger partial charge in [-0.25, -0.2) is 4.39 Å². The molecular formula is C20H29B2FO4. The van der Waals surface area contributed by atoms with Crippen LogP contribution in [0.25, 0.3) is 5.47 Å². The third-order valence-electron chi connectivity index (χ3n) is 6.27. The molecule has 0 spiro atoms. The van der Waals surface area contributed by atoms with Gasteiger partial charge in [-0.05, 0) is 78.6 Å². The van der Waals surface area contributed by atoms with Gasteiger partial charge in [0.15, 0.2) is 0 Å². The van der Waals surface area contributed by atoms with E-state index < -0.39 is 36.6 Å². The van der Waals surface area contributed by atoms with Crippen molar-refractivity contribution in [3.63, 3.8) is 0 Å². The Kier molecular flexibility index (Phi) is 4.92. The molecule has 7 heteroatoms. The van der Waals surface area contributed by atoms with E-state index in [0.717, 1.165) is 11.0 Å². The second-order valence-electron chi connectivity index (χ2n) is 9.34. The normalized spacial score (nSPS) is 25.9. The van der Waals surface area contributed by atoms with Crippen LogP contribution in [0.15, 0.2) is 30.2 Å².